The molecule has 9 heteroatoms. The monoisotopic (exact) mass is 417 g/mol. The molecule has 26 heavy (non-hydrogen) atoms. The van der Waals surface area contributed by atoms with Crippen LogP contribution in [0.4, 0.5) is 5.69 Å². The van der Waals surface area contributed by atoms with Gasteiger partial charge in [-0.05, 0) is 42.0 Å². The van der Waals surface area contributed by atoms with Crippen LogP contribution in [0, 0.1) is 5.92 Å². The number of carbonyl (C=O) groups excluding carboxylic acids is 1. The first-order valence-corrected chi connectivity index (χ1v) is 10.4. The van der Waals surface area contributed by atoms with Gasteiger partial charge in [0.05, 0.1) is 0 Å². The second kappa shape index (κ2) is 9.91. The third-order valence-corrected chi connectivity index (χ3v) is 6.29. The van der Waals surface area contributed by atoms with Crippen molar-refractivity contribution >= 4 is 45.4 Å². The Kier molecular flexibility index (Phi) is 8.55. The fourth-order valence-electron chi connectivity index (χ4n) is 2.40. The number of halogens is 1. The van der Waals surface area contributed by atoms with Crippen LogP contribution in [0.5, 0.6) is 0 Å². The molecule has 1 unspecified atom stereocenters. The maximum atomic E-state index is 12.4. The number of sulfonamides is 1. The number of nitrogens with one attached hydrogen (secondary N) is 2. The first-order valence-electron chi connectivity index (χ1n) is 7.99. The van der Waals surface area contributed by atoms with Gasteiger partial charge in [-0.3, -0.25) is 9.52 Å². The molecule has 0 bridgehead atoms. The molecule has 1 aromatic carbocycles. The lowest BCUT2D eigenvalue weighted by Gasteiger charge is -2.19. The molecule has 1 heterocycles. The Morgan fingerprint density at radius 1 is 1.23 bits per heavy atom. The first-order chi connectivity index (χ1) is 11.8. The van der Waals surface area contributed by atoms with Crippen molar-refractivity contribution in [3.63, 3.8) is 0 Å². The lowest BCUT2D eigenvalue weighted by molar-refractivity contribution is 0.0934. The van der Waals surface area contributed by atoms with Crippen LogP contribution in [-0.4, -0.2) is 26.9 Å². The molecule has 1 amide bonds. The van der Waals surface area contributed by atoms with Crippen molar-refractivity contribution in [3.05, 3.63) is 47.3 Å². The van der Waals surface area contributed by atoms with Crippen LogP contribution >= 0.6 is 23.7 Å². The fraction of sp³-hybridized carbons (Fsp3) is 0.353. The van der Waals surface area contributed by atoms with Gasteiger partial charge in [0, 0.05) is 23.8 Å². The zero-order chi connectivity index (χ0) is 18.4. The minimum absolute atomic E-state index is 0. The van der Waals surface area contributed by atoms with Gasteiger partial charge in [0.15, 0.2) is 0 Å². The van der Waals surface area contributed by atoms with Crippen LogP contribution in [0.3, 0.4) is 0 Å². The normalized spacial score (nSPS) is 12.3. The van der Waals surface area contributed by atoms with Gasteiger partial charge in [0.25, 0.3) is 15.9 Å². The minimum atomic E-state index is -3.64. The number of hydrogen-bond acceptors (Lipinski definition) is 5. The molecule has 0 radical (unpaired) electrons. The van der Waals surface area contributed by atoms with Crippen LogP contribution < -0.4 is 15.8 Å². The summed E-state index contributed by atoms with van der Waals surface area (Å²) in [5.74, 6) is 0.145. The highest BCUT2D eigenvalue weighted by atomic mass is 35.5. The maximum Gasteiger partial charge on any atom is 0.271 e. The Labute approximate surface area is 164 Å². The third-order valence-electron chi connectivity index (χ3n) is 3.51. The predicted octanol–water partition coefficient (Wildman–Crippen LogP) is 3.07. The van der Waals surface area contributed by atoms with Gasteiger partial charge < -0.3 is 11.1 Å². The summed E-state index contributed by atoms with van der Waals surface area (Å²) in [4.78, 5) is 12.4. The van der Waals surface area contributed by atoms with Gasteiger partial charge in [-0.2, -0.15) is 0 Å². The standard InChI is InChI=1S/C17H23N3O3S2.ClH/c1-12(2)9-15(11-18)19-17(21)13-5-3-6-14(10-13)20-25(22,23)16-7-4-8-24-16;/h3-8,10,12,15,20H,9,11,18H2,1-2H3,(H,19,21);1H. The van der Waals surface area contributed by atoms with E-state index in [-0.39, 0.29) is 28.6 Å². The molecule has 2 aromatic rings. The summed E-state index contributed by atoms with van der Waals surface area (Å²) < 4.78 is 27.3. The van der Waals surface area contributed by atoms with Crippen molar-refractivity contribution in [1.82, 2.24) is 5.32 Å². The number of nitrogens with two attached hydrogens (primary N) is 1. The topological polar surface area (TPSA) is 101 Å². The summed E-state index contributed by atoms with van der Waals surface area (Å²) in [5, 5.41) is 4.59. The highest BCUT2D eigenvalue weighted by molar-refractivity contribution is 7.94. The average molecular weight is 418 g/mol. The third kappa shape index (κ3) is 6.28. The molecule has 144 valence electrons. The van der Waals surface area contributed by atoms with E-state index >= 15 is 0 Å². The van der Waals surface area contributed by atoms with Gasteiger partial charge in [-0.1, -0.05) is 26.0 Å². The molecule has 0 saturated heterocycles. The van der Waals surface area contributed by atoms with Crippen LogP contribution in [0.25, 0.3) is 0 Å². The summed E-state index contributed by atoms with van der Waals surface area (Å²) in [6.07, 6.45) is 0.785. The van der Waals surface area contributed by atoms with Crippen LogP contribution in [0.2, 0.25) is 0 Å². The SMILES string of the molecule is CC(C)CC(CN)NC(=O)c1cccc(NS(=O)(=O)c2cccs2)c1.Cl. The highest BCUT2D eigenvalue weighted by Crippen LogP contribution is 2.21. The number of thiophene rings is 1. The van der Waals surface area contributed by atoms with Gasteiger partial charge in [0.2, 0.25) is 0 Å². The average Bonchev–Trinajstić information content (AvgIpc) is 3.09. The molecule has 1 atom stereocenters. The van der Waals surface area contributed by atoms with Crippen LogP contribution in [-0.2, 0) is 10.0 Å². The molecule has 0 aliphatic rings. The number of hydrogen-bond donors (Lipinski definition) is 3. The van der Waals surface area contributed by atoms with E-state index in [2.05, 4.69) is 23.9 Å². The first kappa shape index (κ1) is 22.4. The number of rotatable bonds is 8. The number of anilines is 1. The zero-order valence-corrected chi connectivity index (χ0v) is 17.1. The van der Waals surface area contributed by atoms with Crippen LogP contribution in [0.1, 0.15) is 30.6 Å². The Morgan fingerprint density at radius 2 is 1.96 bits per heavy atom. The molecule has 2 rings (SSSR count). The van der Waals surface area contributed by atoms with Crippen molar-refractivity contribution in [3.8, 4) is 0 Å². The summed E-state index contributed by atoms with van der Waals surface area (Å²) in [6.45, 7) is 4.48. The van der Waals surface area contributed by atoms with E-state index in [4.69, 9.17) is 5.73 Å². The van der Waals surface area contributed by atoms with E-state index in [0.717, 1.165) is 17.8 Å². The predicted molar refractivity (Wildman–Crippen MR) is 109 cm³/mol. The van der Waals surface area contributed by atoms with Gasteiger partial charge in [0.1, 0.15) is 4.21 Å². The molecular weight excluding hydrogens is 394 g/mol. The van der Waals surface area contributed by atoms with E-state index in [0.29, 0.717) is 23.7 Å². The Bertz CT molecular complexity index is 808. The van der Waals surface area contributed by atoms with E-state index in [9.17, 15) is 13.2 Å². The number of benzene rings is 1. The second-order valence-electron chi connectivity index (χ2n) is 6.15. The van der Waals surface area contributed by atoms with Crippen molar-refractivity contribution in [1.29, 1.82) is 0 Å². The summed E-state index contributed by atoms with van der Waals surface area (Å²) in [5.41, 5.74) is 6.43. The molecule has 0 saturated carbocycles. The van der Waals surface area contributed by atoms with E-state index < -0.39 is 10.0 Å². The lowest BCUT2D eigenvalue weighted by Crippen LogP contribution is -2.41. The molecule has 4 N–H and O–H groups in total. The van der Waals surface area contributed by atoms with Crippen molar-refractivity contribution in [2.45, 2.75) is 30.5 Å². The van der Waals surface area contributed by atoms with Crippen molar-refractivity contribution in [2.24, 2.45) is 11.7 Å². The molecule has 0 aliphatic carbocycles. The maximum absolute atomic E-state index is 12.4. The molecule has 0 aliphatic heterocycles. The second-order valence-corrected chi connectivity index (χ2v) is 9.01. The summed E-state index contributed by atoms with van der Waals surface area (Å²) in [6, 6.07) is 9.49. The quantitative estimate of drug-likeness (QED) is 0.614. The molecule has 1 aromatic heterocycles. The largest absolute Gasteiger partial charge is 0.348 e. The summed E-state index contributed by atoms with van der Waals surface area (Å²) >= 11 is 1.13. The van der Waals surface area contributed by atoms with Crippen molar-refractivity contribution < 1.29 is 13.2 Å². The van der Waals surface area contributed by atoms with Gasteiger partial charge in [-0.25, -0.2) is 8.42 Å². The fourth-order valence-corrected chi connectivity index (χ4v) is 4.44. The van der Waals surface area contributed by atoms with Crippen LogP contribution in [0.15, 0.2) is 46.0 Å². The number of amides is 1. The van der Waals surface area contributed by atoms with E-state index in [1.165, 1.54) is 12.1 Å². The number of carbonyl (C=O) groups is 1. The Hall–Kier alpha value is -1.61. The Morgan fingerprint density at radius 3 is 2.54 bits per heavy atom. The van der Waals surface area contributed by atoms with Crippen molar-refractivity contribution in [2.75, 3.05) is 11.3 Å². The molecule has 6 nitrogen and oxygen atoms in total. The van der Waals surface area contributed by atoms with E-state index in [1.54, 1.807) is 29.6 Å². The highest BCUT2D eigenvalue weighted by Gasteiger charge is 2.17. The smallest absolute Gasteiger partial charge is 0.271 e. The zero-order valence-electron chi connectivity index (χ0n) is 14.6. The minimum Gasteiger partial charge on any atom is -0.348 e. The summed E-state index contributed by atoms with van der Waals surface area (Å²) in [7, 11) is -3.64. The molecule has 0 fully saturated rings. The van der Waals surface area contributed by atoms with Gasteiger partial charge >= 0.3 is 0 Å². The molecular formula is C17H24ClN3O3S2. The van der Waals surface area contributed by atoms with E-state index in [1.807, 2.05) is 0 Å². The lowest BCUT2D eigenvalue weighted by atomic mass is 10.0. The Balaban J connectivity index is 0.00000338. The molecule has 0 spiro atoms. The van der Waals surface area contributed by atoms with Gasteiger partial charge in [-0.15, -0.1) is 23.7 Å².